The predicted molar refractivity (Wildman–Crippen MR) is 104 cm³/mol. The van der Waals surface area contributed by atoms with Crippen LogP contribution in [0, 0.1) is 0 Å². The lowest BCUT2D eigenvalue weighted by molar-refractivity contribution is 0.262. The van der Waals surface area contributed by atoms with Gasteiger partial charge < -0.3 is 20.1 Å². The van der Waals surface area contributed by atoms with Gasteiger partial charge in [0.05, 0.1) is 19.4 Å². The number of aromatic nitrogens is 2. The summed E-state index contributed by atoms with van der Waals surface area (Å²) in [5.41, 5.74) is 2.97. The van der Waals surface area contributed by atoms with E-state index in [4.69, 9.17) is 9.47 Å². The molecule has 2 amide bonds. The first-order valence-electron chi connectivity index (χ1n) is 8.47. The number of carbonyl (C=O) groups is 1. The molecule has 1 aromatic heterocycles. The summed E-state index contributed by atoms with van der Waals surface area (Å²) in [7, 11) is 1.59. The average molecular weight is 364 g/mol. The Morgan fingerprint density at radius 2 is 1.52 bits per heavy atom. The molecule has 2 aromatic carbocycles. The van der Waals surface area contributed by atoms with E-state index in [1.165, 1.54) is 0 Å². The summed E-state index contributed by atoms with van der Waals surface area (Å²) in [6.45, 7) is 2.44. The van der Waals surface area contributed by atoms with Crippen LogP contribution in [0.15, 0.2) is 60.7 Å². The molecule has 7 heteroatoms. The average Bonchev–Trinajstić information content (AvgIpc) is 2.70. The molecule has 0 aliphatic carbocycles. The standard InChI is InChI=1S/C20H20N4O3/c1-3-27-19-13-12-18(23-24-19)14-4-6-15(7-5-14)21-20(25)22-16-8-10-17(26-2)11-9-16/h4-13H,3H2,1-2H3,(H2,21,22,25). The molecule has 0 saturated carbocycles. The van der Waals surface area contributed by atoms with Crippen LogP contribution in [0.4, 0.5) is 16.2 Å². The number of methoxy groups -OCH3 is 1. The smallest absolute Gasteiger partial charge is 0.323 e. The van der Waals surface area contributed by atoms with Crippen LogP contribution in [0.25, 0.3) is 11.3 Å². The largest absolute Gasteiger partial charge is 0.497 e. The van der Waals surface area contributed by atoms with E-state index in [1.54, 1.807) is 49.6 Å². The van der Waals surface area contributed by atoms with E-state index in [0.717, 1.165) is 17.0 Å². The van der Waals surface area contributed by atoms with E-state index in [-0.39, 0.29) is 6.03 Å². The first kappa shape index (κ1) is 18.2. The van der Waals surface area contributed by atoms with E-state index < -0.39 is 0 Å². The fourth-order valence-corrected chi connectivity index (χ4v) is 2.39. The van der Waals surface area contributed by atoms with Crippen molar-refractivity contribution in [3.8, 4) is 22.9 Å². The Morgan fingerprint density at radius 3 is 2.04 bits per heavy atom. The number of carbonyl (C=O) groups excluding carboxylic acids is 1. The summed E-state index contributed by atoms with van der Waals surface area (Å²) in [6.07, 6.45) is 0. The van der Waals surface area contributed by atoms with Crippen LogP contribution in [0.3, 0.4) is 0 Å². The molecular weight excluding hydrogens is 344 g/mol. The van der Waals surface area contributed by atoms with Gasteiger partial charge in [0, 0.05) is 23.0 Å². The van der Waals surface area contributed by atoms with Crippen LogP contribution in [-0.4, -0.2) is 29.9 Å². The fourth-order valence-electron chi connectivity index (χ4n) is 2.39. The molecule has 1 heterocycles. The van der Waals surface area contributed by atoms with Gasteiger partial charge in [0.25, 0.3) is 0 Å². The van der Waals surface area contributed by atoms with Gasteiger partial charge >= 0.3 is 6.03 Å². The van der Waals surface area contributed by atoms with Gasteiger partial charge in [0.15, 0.2) is 0 Å². The van der Waals surface area contributed by atoms with Crippen molar-refractivity contribution in [1.29, 1.82) is 0 Å². The molecule has 0 aliphatic rings. The SMILES string of the molecule is CCOc1ccc(-c2ccc(NC(=O)Nc3ccc(OC)cc3)cc2)nn1. The quantitative estimate of drug-likeness (QED) is 0.685. The van der Waals surface area contributed by atoms with Crippen LogP contribution in [0.2, 0.25) is 0 Å². The topological polar surface area (TPSA) is 85.4 Å². The highest BCUT2D eigenvalue weighted by molar-refractivity contribution is 5.99. The first-order chi connectivity index (χ1) is 13.2. The minimum absolute atomic E-state index is 0.325. The first-order valence-corrected chi connectivity index (χ1v) is 8.47. The Labute approximate surface area is 157 Å². The molecule has 7 nitrogen and oxygen atoms in total. The molecule has 0 fully saturated rings. The molecule has 27 heavy (non-hydrogen) atoms. The summed E-state index contributed by atoms with van der Waals surface area (Å²) < 4.78 is 10.4. The molecule has 3 aromatic rings. The summed E-state index contributed by atoms with van der Waals surface area (Å²) >= 11 is 0. The minimum Gasteiger partial charge on any atom is -0.497 e. The van der Waals surface area contributed by atoms with Crippen molar-refractivity contribution in [2.75, 3.05) is 24.4 Å². The summed E-state index contributed by atoms with van der Waals surface area (Å²) in [4.78, 5) is 12.1. The number of anilines is 2. The minimum atomic E-state index is -0.325. The van der Waals surface area contributed by atoms with Crippen LogP contribution in [0.5, 0.6) is 11.6 Å². The van der Waals surface area contributed by atoms with Crippen LogP contribution < -0.4 is 20.1 Å². The van der Waals surface area contributed by atoms with E-state index >= 15 is 0 Å². The van der Waals surface area contributed by atoms with Crippen LogP contribution >= 0.6 is 0 Å². The van der Waals surface area contributed by atoms with E-state index in [9.17, 15) is 4.79 Å². The van der Waals surface area contributed by atoms with Crippen molar-refractivity contribution in [1.82, 2.24) is 10.2 Å². The van der Waals surface area contributed by atoms with Crippen LogP contribution in [-0.2, 0) is 0 Å². The summed E-state index contributed by atoms with van der Waals surface area (Å²) in [6, 6.07) is 17.7. The lowest BCUT2D eigenvalue weighted by Gasteiger charge is -2.09. The Bertz CT molecular complexity index is 879. The zero-order chi connectivity index (χ0) is 19.1. The molecule has 138 valence electrons. The van der Waals surface area contributed by atoms with Gasteiger partial charge in [-0.1, -0.05) is 12.1 Å². The number of hydrogen-bond acceptors (Lipinski definition) is 5. The Kier molecular flexibility index (Phi) is 5.84. The van der Waals surface area contributed by atoms with Gasteiger partial charge in [0.2, 0.25) is 5.88 Å². The zero-order valence-corrected chi connectivity index (χ0v) is 15.1. The molecule has 2 N–H and O–H groups in total. The summed E-state index contributed by atoms with van der Waals surface area (Å²) in [5, 5.41) is 13.7. The van der Waals surface area contributed by atoms with E-state index in [2.05, 4.69) is 20.8 Å². The molecule has 0 radical (unpaired) electrons. The number of nitrogens with zero attached hydrogens (tertiary/aromatic N) is 2. The number of benzene rings is 2. The highest BCUT2D eigenvalue weighted by Gasteiger charge is 2.05. The van der Waals surface area contributed by atoms with Crippen molar-refractivity contribution in [3.05, 3.63) is 60.7 Å². The number of ether oxygens (including phenoxy) is 2. The second-order valence-electron chi connectivity index (χ2n) is 5.57. The van der Waals surface area contributed by atoms with Crippen molar-refractivity contribution in [2.45, 2.75) is 6.92 Å². The van der Waals surface area contributed by atoms with Gasteiger partial charge in [-0.2, -0.15) is 0 Å². The maximum Gasteiger partial charge on any atom is 0.323 e. The van der Waals surface area contributed by atoms with E-state index in [1.807, 2.05) is 25.1 Å². The van der Waals surface area contributed by atoms with Crippen molar-refractivity contribution >= 4 is 17.4 Å². The third kappa shape index (κ3) is 4.94. The zero-order valence-electron chi connectivity index (χ0n) is 15.1. The van der Waals surface area contributed by atoms with Crippen LogP contribution in [0.1, 0.15) is 6.92 Å². The van der Waals surface area contributed by atoms with Gasteiger partial charge in [-0.25, -0.2) is 4.79 Å². The molecule has 0 unspecified atom stereocenters. The molecular formula is C20H20N4O3. The Balaban J connectivity index is 1.60. The van der Waals surface area contributed by atoms with Gasteiger partial charge in [0.1, 0.15) is 5.75 Å². The van der Waals surface area contributed by atoms with Gasteiger partial charge in [-0.05, 0) is 49.4 Å². The second kappa shape index (κ2) is 8.66. The molecule has 0 atom stereocenters. The van der Waals surface area contributed by atoms with Gasteiger partial charge in [-0.15, -0.1) is 10.2 Å². The van der Waals surface area contributed by atoms with Crippen molar-refractivity contribution < 1.29 is 14.3 Å². The van der Waals surface area contributed by atoms with Crippen molar-refractivity contribution in [3.63, 3.8) is 0 Å². The predicted octanol–water partition coefficient (Wildman–Crippen LogP) is 4.19. The third-order valence-corrected chi connectivity index (χ3v) is 3.72. The monoisotopic (exact) mass is 364 g/mol. The molecule has 0 spiro atoms. The maximum atomic E-state index is 12.1. The Hall–Kier alpha value is -3.61. The number of hydrogen-bond donors (Lipinski definition) is 2. The lowest BCUT2D eigenvalue weighted by Crippen LogP contribution is -2.19. The highest BCUT2D eigenvalue weighted by atomic mass is 16.5. The summed E-state index contributed by atoms with van der Waals surface area (Å²) in [5.74, 6) is 1.23. The normalized spacial score (nSPS) is 10.1. The van der Waals surface area contributed by atoms with Gasteiger partial charge in [-0.3, -0.25) is 0 Å². The Morgan fingerprint density at radius 1 is 0.889 bits per heavy atom. The number of rotatable bonds is 6. The number of amides is 2. The second-order valence-corrected chi connectivity index (χ2v) is 5.57. The number of urea groups is 1. The third-order valence-electron chi connectivity index (χ3n) is 3.72. The maximum absolute atomic E-state index is 12.1. The molecule has 0 bridgehead atoms. The van der Waals surface area contributed by atoms with Crippen molar-refractivity contribution in [2.24, 2.45) is 0 Å². The molecule has 0 saturated heterocycles. The lowest BCUT2D eigenvalue weighted by atomic mass is 10.1. The molecule has 0 aliphatic heterocycles. The number of nitrogens with one attached hydrogen (secondary N) is 2. The molecule has 3 rings (SSSR count). The van der Waals surface area contributed by atoms with E-state index in [0.29, 0.717) is 23.9 Å². The highest BCUT2D eigenvalue weighted by Crippen LogP contribution is 2.21. The fraction of sp³-hybridized carbons (Fsp3) is 0.150.